The molecule has 4 rings (SSSR count). The number of carboxylic acid groups (broad SMARTS) is 1. The molecule has 0 bridgehead atoms. The highest BCUT2D eigenvalue weighted by Gasteiger charge is 2.28. The van der Waals surface area contributed by atoms with Gasteiger partial charge in [-0.15, -0.1) is 0 Å². The summed E-state index contributed by atoms with van der Waals surface area (Å²) in [5.74, 6) is -1.38. The van der Waals surface area contributed by atoms with Crippen molar-refractivity contribution in [1.82, 2.24) is 4.90 Å². The second kappa shape index (κ2) is 11.3. The van der Waals surface area contributed by atoms with Crippen molar-refractivity contribution in [3.63, 3.8) is 0 Å². The Bertz CT molecular complexity index is 1430. The van der Waals surface area contributed by atoms with Gasteiger partial charge in [0.25, 0.3) is 0 Å². The average Bonchev–Trinajstić information content (AvgIpc) is 3.14. The molecule has 1 aliphatic rings. The molecule has 0 saturated carbocycles. The summed E-state index contributed by atoms with van der Waals surface area (Å²) < 4.78 is 11.7. The molecule has 1 amide bonds. The summed E-state index contributed by atoms with van der Waals surface area (Å²) in [6.07, 6.45) is 3.66. The molecule has 0 saturated heterocycles. The molecule has 6 nitrogen and oxygen atoms in total. The van der Waals surface area contributed by atoms with Gasteiger partial charge in [0.1, 0.15) is 12.8 Å². The van der Waals surface area contributed by atoms with Crippen molar-refractivity contribution in [2.24, 2.45) is 0 Å². The van der Waals surface area contributed by atoms with Crippen LogP contribution >= 0.6 is 0 Å². The summed E-state index contributed by atoms with van der Waals surface area (Å²) in [4.78, 5) is 27.1. The number of hydrogen-bond acceptors (Lipinski definition) is 4. The third-order valence-corrected chi connectivity index (χ3v) is 7.30. The fraction of sp³-hybridized carbons (Fsp3) is 0.167. The zero-order valence-corrected chi connectivity index (χ0v) is 21.4. The molecular formula is C30H26N2O4S. The maximum absolute atomic E-state index is 13.4. The Morgan fingerprint density at radius 3 is 2.38 bits per heavy atom. The van der Waals surface area contributed by atoms with Crippen LogP contribution in [-0.4, -0.2) is 39.2 Å². The van der Waals surface area contributed by atoms with Crippen LogP contribution in [0.1, 0.15) is 41.2 Å². The number of hydrogen-bond donors (Lipinski definition) is 1. The van der Waals surface area contributed by atoms with Crippen LogP contribution in [0.4, 0.5) is 0 Å². The number of carbonyl (C=O) groups excluding carboxylic acids is 1. The van der Waals surface area contributed by atoms with Crippen LogP contribution in [0.15, 0.2) is 83.3 Å². The summed E-state index contributed by atoms with van der Waals surface area (Å²) in [6, 6.07) is 24.3. The summed E-state index contributed by atoms with van der Waals surface area (Å²) >= 11 is -1.07. The van der Waals surface area contributed by atoms with Gasteiger partial charge in [-0.1, -0.05) is 36.4 Å². The van der Waals surface area contributed by atoms with E-state index in [1.165, 1.54) is 4.90 Å². The van der Waals surface area contributed by atoms with E-state index in [1.54, 1.807) is 18.4 Å². The van der Waals surface area contributed by atoms with Crippen LogP contribution in [0.2, 0.25) is 0 Å². The Labute approximate surface area is 219 Å². The zero-order valence-electron chi connectivity index (χ0n) is 20.6. The predicted molar refractivity (Wildman–Crippen MR) is 145 cm³/mol. The largest absolute Gasteiger partial charge is 0.612 e. The first-order valence-electron chi connectivity index (χ1n) is 11.7. The lowest BCUT2D eigenvalue weighted by atomic mass is 9.98. The summed E-state index contributed by atoms with van der Waals surface area (Å²) in [6.45, 7) is 1.73. The van der Waals surface area contributed by atoms with E-state index in [-0.39, 0.29) is 18.9 Å². The monoisotopic (exact) mass is 510 g/mol. The van der Waals surface area contributed by atoms with Gasteiger partial charge in [0.2, 0.25) is 5.91 Å². The highest BCUT2D eigenvalue weighted by Crippen LogP contribution is 2.44. The predicted octanol–water partition coefficient (Wildman–Crippen LogP) is 5.13. The third kappa shape index (κ3) is 6.00. The highest BCUT2D eigenvalue weighted by atomic mass is 32.2. The zero-order chi connectivity index (χ0) is 26.5. The molecule has 3 aromatic rings. The molecular weight excluding hydrogens is 484 g/mol. The Kier molecular flexibility index (Phi) is 7.92. The van der Waals surface area contributed by atoms with Gasteiger partial charge in [-0.05, 0) is 99.5 Å². The molecule has 1 N–H and O–H groups in total. The van der Waals surface area contributed by atoms with Gasteiger partial charge in [-0.25, -0.2) is 0 Å². The SMILES string of the molecule is CC1=C(CC(=O)N(CC(=O)O)Cc2ccccc2)c2cc(C#N)ccc2C1=Cc1ccc([S+](C)[O-])cc1. The van der Waals surface area contributed by atoms with Gasteiger partial charge < -0.3 is 14.6 Å². The molecule has 1 aliphatic carbocycles. The van der Waals surface area contributed by atoms with Crippen molar-refractivity contribution in [3.05, 3.63) is 106 Å². The summed E-state index contributed by atoms with van der Waals surface area (Å²) in [5.41, 5.74) is 6.57. The lowest BCUT2D eigenvalue weighted by Crippen LogP contribution is -2.35. The van der Waals surface area contributed by atoms with Crippen LogP contribution < -0.4 is 0 Å². The smallest absolute Gasteiger partial charge is 0.323 e. The molecule has 0 aromatic heterocycles. The molecule has 7 heteroatoms. The summed E-state index contributed by atoms with van der Waals surface area (Å²) in [7, 11) is 0. The molecule has 186 valence electrons. The summed E-state index contributed by atoms with van der Waals surface area (Å²) in [5, 5.41) is 18.9. The average molecular weight is 511 g/mol. The Morgan fingerprint density at radius 2 is 1.76 bits per heavy atom. The van der Waals surface area contributed by atoms with Crippen molar-refractivity contribution < 1.29 is 19.2 Å². The third-order valence-electron chi connectivity index (χ3n) is 6.37. The highest BCUT2D eigenvalue weighted by molar-refractivity contribution is 7.90. The Balaban J connectivity index is 1.71. The van der Waals surface area contributed by atoms with Crippen molar-refractivity contribution in [2.45, 2.75) is 24.8 Å². The molecule has 0 heterocycles. The number of nitriles is 1. The first kappa shape index (κ1) is 26.0. The number of fused-ring (bicyclic) bond motifs is 1. The molecule has 0 fully saturated rings. The lowest BCUT2D eigenvalue weighted by Gasteiger charge is -2.21. The maximum Gasteiger partial charge on any atom is 0.323 e. The first-order valence-corrected chi connectivity index (χ1v) is 13.3. The van der Waals surface area contributed by atoms with Gasteiger partial charge in [-0.2, -0.15) is 5.26 Å². The quantitative estimate of drug-likeness (QED) is 0.423. The fourth-order valence-corrected chi connectivity index (χ4v) is 4.98. The lowest BCUT2D eigenvalue weighted by molar-refractivity contribution is -0.144. The molecule has 0 aliphatic heterocycles. The van der Waals surface area contributed by atoms with Crippen LogP contribution in [0.5, 0.6) is 0 Å². The van der Waals surface area contributed by atoms with Crippen LogP contribution in [0, 0.1) is 11.3 Å². The second-order valence-corrected chi connectivity index (χ2v) is 10.2. The number of benzene rings is 3. The number of carbonyl (C=O) groups is 2. The second-order valence-electron chi connectivity index (χ2n) is 8.86. The number of rotatable bonds is 8. The topological polar surface area (TPSA) is 104 Å². The maximum atomic E-state index is 13.4. The normalized spacial score (nSPS) is 14.3. The van der Waals surface area contributed by atoms with Crippen LogP contribution in [0.25, 0.3) is 17.2 Å². The Morgan fingerprint density at radius 1 is 1.05 bits per heavy atom. The number of nitrogens with zero attached hydrogens (tertiary/aromatic N) is 2. The molecule has 0 radical (unpaired) electrons. The molecule has 0 spiro atoms. The van der Waals surface area contributed by atoms with E-state index < -0.39 is 23.7 Å². The number of allylic oxidation sites excluding steroid dienone is 2. The van der Waals surface area contributed by atoms with Gasteiger partial charge in [0, 0.05) is 6.54 Å². The van der Waals surface area contributed by atoms with Gasteiger partial charge in [0.05, 0.1) is 18.1 Å². The first-order chi connectivity index (χ1) is 17.8. The van der Waals surface area contributed by atoms with E-state index in [0.717, 1.165) is 43.9 Å². The van der Waals surface area contributed by atoms with E-state index in [4.69, 9.17) is 0 Å². The Hall–Kier alpha value is -4.12. The van der Waals surface area contributed by atoms with Crippen molar-refractivity contribution in [1.29, 1.82) is 5.26 Å². The van der Waals surface area contributed by atoms with E-state index in [0.29, 0.717) is 5.56 Å². The minimum absolute atomic E-state index is 0.0128. The van der Waals surface area contributed by atoms with E-state index in [2.05, 4.69) is 6.07 Å². The molecule has 1 unspecified atom stereocenters. The number of amides is 1. The number of aliphatic carboxylic acids is 1. The fourth-order valence-electron chi connectivity index (χ4n) is 4.46. The minimum atomic E-state index is -1.08. The van der Waals surface area contributed by atoms with Gasteiger partial charge >= 0.3 is 5.97 Å². The van der Waals surface area contributed by atoms with Gasteiger partial charge in [0.15, 0.2) is 4.90 Å². The standard InChI is InChI=1S/C30H26N2O4S/c1-20-26(14-21-8-11-24(12-9-21)37(2)36)25-13-10-23(17-31)15-28(25)27(20)16-29(33)32(19-30(34)35)18-22-6-4-3-5-7-22/h3-15H,16,18-19H2,1-2H3,(H,34,35). The van der Waals surface area contributed by atoms with Crippen molar-refractivity contribution in [3.8, 4) is 6.07 Å². The number of carboxylic acids is 1. The minimum Gasteiger partial charge on any atom is -0.612 e. The van der Waals surface area contributed by atoms with E-state index >= 15 is 0 Å². The van der Waals surface area contributed by atoms with Crippen LogP contribution in [-0.2, 0) is 27.3 Å². The van der Waals surface area contributed by atoms with Crippen LogP contribution in [0.3, 0.4) is 0 Å². The van der Waals surface area contributed by atoms with Crippen molar-refractivity contribution in [2.75, 3.05) is 12.8 Å². The van der Waals surface area contributed by atoms with Gasteiger partial charge in [-0.3, -0.25) is 9.59 Å². The van der Waals surface area contributed by atoms with Crippen molar-refractivity contribution >= 4 is 40.3 Å². The molecule has 1 atom stereocenters. The van der Waals surface area contributed by atoms with E-state index in [9.17, 15) is 24.5 Å². The molecule has 37 heavy (non-hydrogen) atoms. The van der Waals surface area contributed by atoms with E-state index in [1.807, 2.05) is 73.7 Å². The molecule has 3 aromatic carbocycles.